The molecule has 0 aromatic heterocycles. The molecule has 3 aromatic rings. The van der Waals surface area contributed by atoms with E-state index in [9.17, 15) is 18.0 Å². The van der Waals surface area contributed by atoms with Crippen molar-refractivity contribution in [3.05, 3.63) is 92.4 Å². The number of carbonyl (C=O) groups is 2. The van der Waals surface area contributed by atoms with Crippen LogP contribution in [0, 0.1) is 0 Å². The van der Waals surface area contributed by atoms with Crippen molar-refractivity contribution in [3.63, 3.8) is 0 Å². The zero-order chi connectivity index (χ0) is 28.9. The van der Waals surface area contributed by atoms with Gasteiger partial charge in [-0.3, -0.25) is 13.9 Å². The summed E-state index contributed by atoms with van der Waals surface area (Å²) in [6, 6.07) is 15.6. The van der Waals surface area contributed by atoms with Crippen molar-refractivity contribution < 1.29 is 18.0 Å². The molecule has 208 valence electrons. The van der Waals surface area contributed by atoms with Crippen LogP contribution in [0.3, 0.4) is 0 Å². The van der Waals surface area contributed by atoms with Crippen molar-refractivity contribution in [1.82, 2.24) is 10.2 Å². The molecule has 12 heteroatoms. The van der Waals surface area contributed by atoms with Crippen molar-refractivity contribution >= 4 is 73.9 Å². The van der Waals surface area contributed by atoms with Crippen LogP contribution in [0.1, 0.15) is 26.3 Å². The fraction of sp³-hybridized carbons (Fsp3) is 0.259. The molecule has 3 rings (SSSR count). The quantitative estimate of drug-likeness (QED) is 0.279. The van der Waals surface area contributed by atoms with Crippen molar-refractivity contribution in [2.24, 2.45) is 0 Å². The number of amides is 2. The van der Waals surface area contributed by atoms with Gasteiger partial charge in [0, 0.05) is 27.7 Å². The fourth-order valence-corrected chi connectivity index (χ4v) is 6.08. The highest BCUT2D eigenvalue weighted by atomic mass is 35.5. The van der Waals surface area contributed by atoms with Gasteiger partial charge < -0.3 is 10.2 Å². The Balaban J connectivity index is 2.08. The molecule has 0 saturated carbocycles. The van der Waals surface area contributed by atoms with Gasteiger partial charge in [-0.15, -0.1) is 0 Å². The molecule has 3 aromatic carbocycles. The first-order valence-corrected chi connectivity index (χ1v) is 14.8. The summed E-state index contributed by atoms with van der Waals surface area (Å²) in [4.78, 5) is 28.1. The predicted octanol–water partition coefficient (Wildman–Crippen LogP) is 6.44. The van der Waals surface area contributed by atoms with Crippen molar-refractivity contribution in [2.75, 3.05) is 10.8 Å². The Morgan fingerprint density at radius 3 is 2.08 bits per heavy atom. The van der Waals surface area contributed by atoms with E-state index in [4.69, 9.17) is 46.4 Å². The second-order valence-electron chi connectivity index (χ2n) is 9.02. The minimum absolute atomic E-state index is 0.0186. The molecule has 0 aliphatic rings. The minimum Gasteiger partial charge on any atom is -0.352 e. The molecular weight excluding hydrogens is 604 g/mol. The van der Waals surface area contributed by atoms with Gasteiger partial charge in [0.2, 0.25) is 11.8 Å². The molecule has 0 aliphatic carbocycles. The average Bonchev–Trinajstić information content (AvgIpc) is 2.88. The Kier molecular flexibility index (Phi) is 10.5. The SMILES string of the molecule is CC(C)NC(=O)[C@@H](C)N(Cc1ccc(Cl)cc1Cl)C(=O)CN(c1cc(Cl)ccc1Cl)S(=O)(=O)c1ccccc1. The molecular formula is C27H27Cl4N3O4S. The fourth-order valence-electron chi connectivity index (χ4n) is 3.73. The number of benzene rings is 3. The minimum atomic E-state index is -4.27. The van der Waals surface area contributed by atoms with Gasteiger partial charge in [0.1, 0.15) is 12.6 Å². The third-order valence-electron chi connectivity index (χ3n) is 5.74. The molecule has 7 nitrogen and oxygen atoms in total. The molecule has 0 unspecified atom stereocenters. The summed E-state index contributed by atoms with van der Waals surface area (Å²) in [7, 11) is -4.27. The van der Waals surface area contributed by atoms with Crippen LogP contribution in [-0.4, -0.2) is 43.8 Å². The van der Waals surface area contributed by atoms with Crippen LogP contribution >= 0.6 is 46.4 Å². The van der Waals surface area contributed by atoms with Gasteiger partial charge in [-0.05, 0) is 68.8 Å². The molecule has 39 heavy (non-hydrogen) atoms. The number of rotatable bonds is 10. The van der Waals surface area contributed by atoms with Crippen LogP contribution < -0.4 is 9.62 Å². The van der Waals surface area contributed by atoms with E-state index in [0.717, 1.165) is 4.31 Å². The number of anilines is 1. The molecule has 1 atom stereocenters. The number of hydrogen-bond donors (Lipinski definition) is 1. The number of carbonyl (C=O) groups excluding carboxylic acids is 2. The molecule has 0 bridgehead atoms. The number of nitrogens with zero attached hydrogens (tertiary/aromatic N) is 2. The lowest BCUT2D eigenvalue weighted by Gasteiger charge is -2.32. The van der Waals surface area contributed by atoms with Crippen LogP contribution in [0.25, 0.3) is 0 Å². The summed E-state index contributed by atoms with van der Waals surface area (Å²) in [6.45, 7) is 4.40. The monoisotopic (exact) mass is 629 g/mol. The number of nitrogens with one attached hydrogen (secondary N) is 1. The van der Waals surface area contributed by atoms with Crippen LogP contribution in [0.15, 0.2) is 71.6 Å². The van der Waals surface area contributed by atoms with Crippen LogP contribution in [0.2, 0.25) is 20.1 Å². The van der Waals surface area contributed by atoms with Gasteiger partial charge in [0.05, 0.1) is 15.6 Å². The lowest BCUT2D eigenvalue weighted by Crippen LogP contribution is -2.52. The van der Waals surface area contributed by atoms with Gasteiger partial charge in [0.25, 0.3) is 10.0 Å². The molecule has 0 fully saturated rings. The van der Waals surface area contributed by atoms with Gasteiger partial charge in [-0.2, -0.15) is 0 Å². The zero-order valence-electron chi connectivity index (χ0n) is 21.4. The van der Waals surface area contributed by atoms with E-state index in [0.29, 0.717) is 15.6 Å². The van der Waals surface area contributed by atoms with Crippen LogP contribution in [0.4, 0.5) is 5.69 Å². The Morgan fingerprint density at radius 1 is 0.846 bits per heavy atom. The van der Waals surface area contributed by atoms with E-state index in [1.165, 1.54) is 41.3 Å². The second kappa shape index (κ2) is 13.2. The van der Waals surface area contributed by atoms with Crippen molar-refractivity contribution in [3.8, 4) is 0 Å². The largest absolute Gasteiger partial charge is 0.352 e. The standard InChI is InChI=1S/C27H27Cl4N3O4S/c1-17(2)32-27(36)18(3)33(15-19-9-10-20(28)13-24(19)31)26(35)16-34(25-14-21(29)11-12-23(25)30)39(37,38)22-7-5-4-6-8-22/h4-14,17-18H,15-16H2,1-3H3,(H,32,36)/t18-/m1/s1. The second-order valence-corrected chi connectivity index (χ2v) is 12.6. The average molecular weight is 631 g/mol. The van der Waals surface area contributed by atoms with Gasteiger partial charge in [-0.1, -0.05) is 70.7 Å². The Bertz CT molecular complexity index is 1450. The molecule has 0 radical (unpaired) electrons. The maximum atomic E-state index is 13.9. The third-order valence-corrected chi connectivity index (χ3v) is 8.66. The van der Waals surface area contributed by atoms with E-state index in [-0.39, 0.29) is 33.2 Å². The summed E-state index contributed by atoms with van der Waals surface area (Å²) >= 11 is 25.0. The van der Waals surface area contributed by atoms with E-state index < -0.39 is 34.4 Å². The maximum Gasteiger partial charge on any atom is 0.264 e. The Morgan fingerprint density at radius 2 is 1.46 bits per heavy atom. The van der Waals surface area contributed by atoms with Crippen LogP contribution in [0.5, 0.6) is 0 Å². The summed E-state index contributed by atoms with van der Waals surface area (Å²) in [6.07, 6.45) is 0. The van der Waals surface area contributed by atoms with E-state index in [1.54, 1.807) is 51.1 Å². The summed E-state index contributed by atoms with van der Waals surface area (Å²) in [5, 5.41) is 3.79. The van der Waals surface area contributed by atoms with Gasteiger partial charge in [-0.25, -0.2) is 8.42 Å². The first kappa shape index (κ1) is 31.0. The predicted molar refractivity (Wildman–Crippen MR) is 157 cm³/mol. The molecule has 0 spiro atoms. The smallest absolute Gasteiger partial charge is 0.264 e. The van der Waals surface area contributed by atoms with Crippen LogP contribution in [-0.2, 0) is 26.2 Å². The lowest BCUT2D eigenvalue weighted by atomic mass is 10.1. The van der Waals surface area contributed by atoms with E-state index in [1.807, 2.05) is 0 Å². The molecule has 2 amide bonds. The lowest BCUT2D eigenvalue weighted by molar-refractivity contribution is -0.139. The highest BCUT2D eigenvalue weighted by molar-refractivity contribution is 7.92. The Labute approximate surface area is 248 Å². The van der Waals surface area contributed by atoms with E-state index in [2.05, 4.69) is 5.32 Å². The highest BCUT2D eigenvalue weighted by Crippen LogP contribution is 2.33. The first-order valence-electron chi connectivity index (χ1n) is 11.9. The normalized spacial score (nSPS) is 12.2. The molecule has 1 N–H and O–H groups in total. The van der Waals surface area contributed by atoms with Crippen molar-refractivity contribution in [1.29, 1.82) is 0 Å². The van der Waals surface area contributed by atoms with Gasteiger partial charge in [0.15, 0.2) is 0 Å². The molecule has 0 aliphatic heterocycles. The molecule has 0 heterocycles. The van der Waals surface area contributed by atoms with Gasteiger partial charge >= 0.3 is 0 Å². The summed E-state index contributed by atoms with van der Waals surface area (Å²) in [5.41, 5.74) is 0.544. The maximum absolute atomic E-state index is 13.9. The number of hydrogen-bond acceptors (Lipinski definition) is 4. The summed E-state index contributed by atoms with van der Waals surface area (Å²) in [5.74, 6) is -1.08. The zero-order valence-corrected chi connectivity index (χ0v) is 25.2. The molecule has 0 saturated heterocycles. The number of halogens is 4. The summed E-state index contributed by atoms with van der Waals surface area (Å²) < 4.78 is 28.5. The van der Waals surface area contributed by atoms with Crippen molar-refractivity contribution in [2.45, 2.75) is 44.3 Å². The van der Waals surface area contributed by atoms with E-state index >= 15 is 0 Å². The number of sulfonamides is 1. The third kappa shape index (κ3) is 7.80. The topological polar surface area (TPSA) is 86.8 Å². The highest BCUT2D eigenvalue weighted by Gasteiger charge is 2.33. The Hall–Kier alpha value is -2.49. The first-order chi connectivity index (χ1) is 18.3.